The van der Waals surface area contributed by atoms with Crippen LogP contribution in [0.3, 0.4) is 0 Å². The van der Waals surface area contributed by atoms with Crippen molar-refractivity contribution in [3.8, 4) is 22.5 Å². The molecular weight excluding hydrogens is 352 g/mol. The van der Waals surface area contributed by atoms with E-state index in [-0.39, 0.29) is 0 Å². The Morgan fingerprint density at radius 1 is 1.04 bits per heavy atom. The van der Waals surface area contributed by atoms with Gasteiger partial charge in [-0.05, 0) is 34.7 Å². The second-order valence-electron chi connectivity index (χ2n) is 6.73. The number of nitrogens with one attached hydrogen (secondary N) is 1. The number of H-pyrrole nitrogens is 1. The van der Waals surface area contributed by atoms with Crippen molar-refractivity contribution in [2.75, 3.05) is 5.73 Å². The second-order valence-corrected chi connectivity index (χ2v) is 6.73. The lowest BCUT2D eigenvalue weighted by molar-refractivity contribution is 0.426. The molecule has 4 rings (SSSR count). The van der Waals surface area contributed by atoms with Crippen LogP contribution >= 0.6 is 0 Å². The van der Waals surface area contributed by atoms with Crippen LogP contribution in [0.25, 0.3) is 22.5 Å². The number of unbranched alkanes of at least 4 members (excludes halogenated alkanes) is 1. The van der Waals surface area contributed by atoms with Crippen molar-refractivity contribution in [2.24, 2.45) is 0 Å². The van der Waals surface area contributed by atoms with Gasteiger partial charge in [0.15, 0.2) is 0 Å². The van der Waals surface area contributed by atoms with Gasteiger partial charge in [0, 0.05) is 17.5 Å². The summed E-state index contributed by atoms with van der Waals surface area (Å²) in [4.78, 5) is 0. The topological polar surface area (TPSA) is 107 Å². The van der Waals surface area contributed by atoms with Crippen molar-refractivity contribution in [1.82, 2.24) is 25.8 Å². The molecule has 0 bridgehead atoms. The minimum atomic E-state index is 0.414. The summed E-state index contributed by atoms with van der Waals surface area (Å²) < 4.78 is 5.22. The number of tetrazole rings is 1. The molecule has 0 spiro atoms. The summed E-state index contributed by atoms with van der Waals surface area (Å²) in [7, 11) is 0. The van der Waals surface area contributed by atoms with Gasteiger partial charge in [0.1, 0.15) is 0 Å². The van der Waals surface area contributed by atoms with E-state index in [2.05, 4.69) is 63.0 Å². The van der Waals surface area contributed by atoms with Crippen molar-refractivity contribution < 1.29 is 4.52 Å². The predicted molar refractivity (Wildman–Crippen MR) is 107 cm³/mol. The molecule has 0 aliphatic rings. The van der Waals surface area contributed by atoms with Gasteiger partial charge < -0.3 is 10.3 Å². The highest BCUT2D eigenvalue weighted by Gasteiger charge is 2.15. The van der Waals surface area contributed by atoms with Crippen molar-refractivity contribution in [2.45, 2.75) is 32.6 Å². The standard InChI is InChI=1S/C21H22N6O/c1-2-3-8-19-18(20(22)28-25-19)13-14-9-11-15(12-10-14)16-6-4-5-7-17(16)21-23-26-27-24-21/h4-7,9-12H,2-3,8,13,22H2,1H3,(H,23,24,26,27). The van der Waals surface area contributed by atoms with Crippen LogP contribution in [-0.4, -0.2) is 25.8 Å². The maximum Gasteiger partial charge on any atom is 0.225 e. The summed E-state index contributed by atoms with van der Waals surface area (Å²) in [5, 5.41) is 18.5. The quantitative estimate of drug-likeness (QED) is 0.506. The van der Waals surface area contributed by atoms with E-state index < -0.39 is 0 Å². The number of benzene rings is 2. The molecule has 28 heavy (non-hydrogen) atoms. The van der Waals surface area contributed by atoms with Gasteiger partial charge in [0.2, 0.25) is 11.7 Å². The Labute approximate surface area is 163 Å². The third-order valence-corrected chi connectivity index (χ3v) is 4.83. The molecule has 142 valence electrons. The maximum absolute atomic E-state index is 6.00. The zero-order valence-electron chi connectivity index (χ0n) is 15.7. The average Bonchev–Trinajstić information content (AvgIpc) is 3.38. The van der Waals surface area contributed by atoms with E-state index in [1.54, 1.807) is 0 Å². The van der Waals surface area contributed by atoms with E-state index in [1.165, 1.54) is 0 Å². The zero-order chi connectivity index (χ0) is 19.3. The van der Waals surface area contributed by atoms with Crippen molar-refractivity contribution in [3.63, 3.8) is 0 Å². The Hall–Kier alpha value is -3.48. The van der Waals surface area contributed by atoms with Gasteiger partial charge in [-0.15, -0.1) is 10.2 Å². The summed E-state index contributed by atoms with van der Waals surface area (Å²) in [5.41, 5.74) is 12.2. The molecule has 3 N–H and O–H groups in total. The van der Waals surface area contributed by atoms with Gasteiger partial charge in [-0.2, -0.15) is 5.21 Å². The first-order valence-corrected chi connectivity index (χ1v) is 9.41. The number of hydrogen-bond acceptors (Lipinski definition) is 6. The van der Waals surface area contributed by atoms with Crippen LogP contribution in [0.1, 0.15) is 36.6 Å². The van der Waals surface area contributed by atoms with Crippen LogP contribution in [0, 0.1) is 0 Å². The molecule has 0 atom stereocenters. The number of aryl methyl sites for hydroxylation is 1. The van der Waals surface area contributed by atoms with Gasteiger partial charge in [0.25, 0.3) is 0 Å². The Balaban J connectivity index is 1.59. The summed E-state index contributed by atoms with van der Waals surface area (Å²) in [5.74, 6) is 0.995. The zero-order valence-corrected chi connectivity index (χ0v) is 15.7. The van der Waals surface area contributed by atoms with E-state index in [0.717, 1.165) is 52.8 Å². The number of hydrogen-bond donors (Lipinski definition) is 2. The highest BCUT2D eigenvalue weighted by molar-refractivity contribution is 5.80. The third kappa shape index (κ3) is 3.64. The molecular formula is C21H22N6O. The van der Waals surface area contributed by atoms with E-state index >= 15 is 0 Å². The number of nitrogens with zero attached hydrogens (tertiary/aromatic N) is 4. The normalized spacial score (nSPS) is 11.0. The average molecular weight is 374 g/mol. The van der Waals surface area contributed by atoms with E-state index in [1.807, 2.05) is 18.2 Å². The van der Waals surface area contributed by atoms with Crippen molar-refractivity contribution in [1.29, 1.82) is 0 Å². The molecule has 2 aromatic heterocycles. The van der Waals surface area contributed by atoms with Gasteiger partial charge in [0.05, 0.1) is 5.69 Å². The van der Waals surface area contributed by atoms with Gasteiger partial charge in [-0.3, -0.25) is 0 Å². The first-order chi connectivity index (χ1) is 13.8. The molecule has 7 nitrogen and oxygen atoms in total. The van der Waals surface area contributed by atoms with Crippen LogP contribution in [0.2, 0.25) is 0 Å². The lowest BCUT2D eigenvalue weighted by atomic mass is 9.96. The minimum Gasteiger partial charge on any atom is -0.367 e. The second kappa shape index (κ2) is 8.04. The number of nitrogens with two attached hydrogens (primary N) is 1. The Kier molecular flexibility index (Phi) is 5.14. The van der Waals surface area contributed by atoms with Gasteiger partial charge >= 0.3 is 0 Å². The van der Waals surface area contributed by atoms with Gasteiger partial charge in [-0.1, -0.05) is 67.0 Å². The molecule has 2 aromatic carbocycles. The van der Waals surface area contributed by atoms with Crippen LogP contribution in [0.5, 0.6) is 0 Å². The van der Waals surface area contributed by atoms with Crippen LogP contribution in [0.15, 0.2) is 53.1 Å². The fourth-order valence-electron chi connectivity index (χ4n) is 3.30. The smallest absolute Gasteiger partial charge is 0.225 e. The van der Waals surface area contributed by atoms with Crippen LogP contribution in [-0.2, 0) is 12.8 Å². The van der Waals surface area contributed by atoms with E-state index in [0.29, 0.717) is 18.1 Å². The Bertz CT molecular complexity index is 1040. The Morgan fingerprint density at radius 3 is 2.54 bits per heavy atom. The molecule has 7 heteroatoms. The molecule has 0 aliphatic heterocycles. The number of rotatable bonds is 7. The summed E-state index contributed by atoms with van der Waals surface area (Å²) >= 11 is 0. The summed E-state index contributed by atoms with van der Waals surface area (Å²) in [6.45, 7) is 2.16. The van der Waals surface area contributed by atoms with Gasteiger partial charge in [-0.25, -0.2) is 0 Å². The number of aromatic amines is 1. The molecule has 0 radical (unpaired) electrons. The highest BCUT2D eigenvalue weighted by atomic mass is 16.5. The highest BCUT2D eigenvalue weighted by Crippen LogP contribution is 2.30. The fourth-order valence-corrected chi connectivity index (χ4v) is 3.30. The largest absolute Gasteiger partial charge is 0.367 e. The minimum absolute atomic E-state index is 0.414. The lowest BCUT2D eigenvalue weighted by Crippen LogP contribution is -1.97. The molecule has 2 heterocycles. The first kappa shape index (κ1) is 17.9. The van der Waals surface area contributed by atoms with Crippen LogP contribution < -0.4 is 5.73 Å². The molecule has 0 aliphatic carbocycles. The monoisotopic (exact) mass is 374 g/mol. The SMILES string of the molecule is CCCCc1noc(N)c1Cc1ccc(-c2ccccc2-c2nn[nH]n2)cc1. The molecule has 0 fully saturated rings. The summed E-state index contributed by atoms with van der Waals surface area (Å²) in [6, 6.07) is 16.4. The van der Waals surface area contributed by atoms with Crippen molar-refractivity contribution >= 4 is 5.88 Å². The summed E-state index contributed by atoms with van der Waals surface area (Å²) in [6.07, 6.45) is 3.79. The predicted octanol–water partition coefficient (Wildman–Crippen LogP) is 4.04. The maximum atomic E-state index is 6.00. The number of aromatic nitrogens is 5. The molecule has 0 unspecified atom stereocenters. The van der Waals surface area contributed by atoms with E-state index in [9.17, 15) is 0 Å². The Morgan fingerprint density at radius 2 is 1.82 bits per heavy atom. The van der Waals surface area contributed by atoms with E-state index in [4.69, 9.17) is 10.3 Å². The lowest BCUT2D eigenvalue weighted by Gasteiger charge is -2.08. The molecule has 0 saturated carbocycles. The van der Waals surface area contributed by atoms with Crippen LogP contribution in [0.4, 0.5) is 5.88 Å². The molecule has 0 amide bonds. The first-order valence-electron chi connectivity index (χ1n) is 9.41. The third-order valence-electron chi connectivity index (χ3n) is 4.83. The van der Waals surface area contributed by atoms with Crippen molar-refractivity contribution in [3.05, 3.63) is 65.4 Å². The molecule has 0 saturated heterocycles. The molecule has 4 aromatic rings. The number of nitrogen functional groups attached to an aromatic ring is 1. The fraction of sp³-hybridized carbons (Fsp3) is 0.238. The number of anilines is 1.